The highest BCUT2D eigenvalue weighted by Crippen LogP contribution is 2.25. The number of aryl methyl sites for hydroxylation is 2. The van der Waals surface area contributed by atoms with Crippen molar-refractivity contribution in [2.75, 3.05) is 6.54 Å². The van der Waals surface area contributed by atoms with Gasteiger partial charge in [-0.2, -0.15) is 0 Å². The van der Waals surface area contributed by atoms with Crippen LogP contribution in [0.25, 0.3) is 0 Å². The summed E-state index contributed by atoms with van der Waals surface area (Å²) in [6.07, 6.45) is 7.83. The van der Waals surface area contributed by atoms with Gasteiger partial charge in [0.05, 0.1) is 0 Å². The molecule has 1 fully saturated rings. The molecule has 1 saturated heterocycles. The van der Waals surface area contributed by atoms with Crippen LogP contribution in [0, 0.1) is 0 Å². The summed E-state index contributed by atoms with van der Waals surface area (Å²) < 4.78 is 0. The third-order valence-corrected chi connectivity index (χ3v) is 4.82. The monoisotopic (exact) mass is 258 g/mol. The van der Waals surface area contributed by atoms with Gasteiger partial charge in [0.2, 0.25) is 0 Å². The molecule has 2 atom stereocenters. The summed E-state index contributed by atoms with van der Waals surface area (Å²) in [7, 11) is 0. The minimum atomic E-state index is 0.287. The van der Waals surface area contributed by atoms with Crippen molar-refractivity contribution in [3.63, 3.8) is 0 Å². The summed E-state index contributed by atoms with van der Waals surface area (Å²) in [6, 6.07) is 7.98. The molecule has 1 aromatic carbocycles. The Kier molecular flexibility index (Phi) is 3.90. The maximum atomic E-state index is 6.16. The second-order valence-corrected chi connectivity index (χ2v) is 6.35. The number of hydrogen-bond acceptors (Lipinski definition) is 2. The van der Waals surface area contributed by atoms with E-state index in [1.165, 1.54) is 50.6 Å². The molecule has 2 nitrogen and oxygen atoms in total. The Hall–Kier alpha value is -0.860. The number of benzene rings is 1. The van der Waals surface area contributed by atoms with Crippen molar-refractivity contribution in [1.82, 2.24) is 4.90 Å². The minimum absolute atomic E-state index is 0.287. The first-order valence-corrected chi connectivity index (χ1v) is 7.84. The van der Waals surface area contributed by atoms with E-state index >= 15 is 0 Å². The highest BCUT2D eigenvalue weighted by molar-refractivity contribution is 5.35. The molecule has 2 heteroatoms. The van der Waals surface area contributed by atoms with Gasteiger partial charge >= 0.3 is 0 Å². The second-order valence-electron chi connectivity index (χ2n) is 6.35. The summed E-state index contributed by atoms with van der Waals surface area (Å²) in [5.74, 6) is 0. The zero-order valence-corrected chi connectivity index (χ0v) is 12.1. The molecule has 0 saturated carbocycles. The normalized spacial score (nSPS) is 25.3. The predicted octanol–water partition coefficient (Wildman–Crippen LogP) is 2.88. The Morgan fingerprint density at radius 2 is 2.05 bits per heavy atom. The summed E-state index contributed by atoms with van der Waals surface area (Å²) in [6.45, 7) is 4.45. The largest absolute Gasteiger partial charge is 0.327 e. The fraction of sp³-hybridized carbons (Fsp3) is 0.647. The lowest BCUT2D eigenvalue weighted by molar-refractivity contribution is 0.123. The quantitative estimate of drug-likeness (QED) is 0.903. The lowest BCUT2D eigenvalue weighted by atomic mass is 9.96. The molecule has 3 rings (SSSR count). The van der Waals surface area contributed by atoms with Crippen molar-refractivity contribution in [2.45, 2.75) is 64.1 Å². The van der Waals surface area contributed by atoms with Gasteiger partial charge in [-0.3, -0.25) is 4.90 Å². The minimum Gasteiger partial charge on any atom is -0.327 e. The molecule has 0 amide bonds. The molecular formula is C17H26N2. The standard InChI is InChI=1S/C17H26N2/c1-13(18)17-7-2-3-10-19(17)12-14-8-9-15-5-4-6-16(15)11-14/h8-9,11,13,17H,2-7,10,12,18H2,1H3. The third-order valence-electron chi connectivity index (χ3n) is 4.82. The number of fused-ring (bicyclic) bond motifs is 1. The van der Waals surface area contributed by atoms with E-state index in [4.69, 9.17) is 5.73 Å². The fourth-order valence-corrected chi connectivity index (χ4v) is 3.77. The molecular weight excluding hydrogens is 232 g/mol. The Morgan fingerprint density at radius 1 is 1.21 bits per heavy atom. The SMILES string of the molecule is CC(N)C1CCCCN1Cc1ccc2c(c1)CCC2. The molecule has 2 aliphatic rings. The van der Waals surface area contributed by atoms with Crippen LogP contribution >= 0.6 is 0 Å². The molecule has 2 unspecified atom stereocenters. The van der Waals surface area contributed by atoms with Crippen molar-refractivity contribution in [1.29, 1.82) is 0 Å². The molecule has 2 N–H and O–H groups in total. The van der Waals surface area contributed by atoms with E-state index in [-0.39, 0.29) is 6.04 Å². The van der Waals surface area contributed by atoms with Gasteiger partial charge in [0.25, 0.3) is 0 Å². The van der Waals surface area contributed by atoms with Crippen LogP contribution in [0.5, 0.6) is 0 Å². The maximum absolute atomic E-state index is 6.16. The Bertz CT molecular complexity index is 439. The van der Waals surface area contributed by atoms with Gasteiger partial charge in [-0.05, 0) is 62.3 Å². The zero-order chi connectivity index (χ0) is 13.2. The molecule has 0 aromatic heterocycles. The number of rotatable bonds is 3. The van der Waals surface area contributed by atoms with E-state index < -0.39 is 0 Å². The molecule has 0 bridgehead atoms. The topological polar surface area (TPSA) is 29.3 Å². The zero-order valence-electron chi connectivity index (χ0n) is 12.1. The van der Waals surface area contributed by atoms with Gasteiger partial charge < -0.3 is 5.73 Å². The van der Waals surface area contributed by atoms with Gasteiger partial charge in [-0.15, -0.1) is 0 Å². The van der Waals surface area contributed by atoms with Crippen molar-refractivity contribution < 1.29 is 0 Å². The number of likely N-dealkylation sites (tertiary alicyclic amines) is 1. The first-order chi connectivity index (χ1) is 9.24. The highest BCUT2D eigenvalue weighted by Gasteiger charge is 2.25. The van der Waals surface area contributed by atoms with Crippen LogP contribution in [0.15, 0.2) is 18.2 Å². The van der Waals surface area contributed by atoms with Gasteiger partial charge in [-0.1, -0.05) is 24.6 Å². The number of nitrogens with two attached hydrogens (primary N) is 1. The Morgan fingerprint density at radius 3 is 2.89 bits per heavy atom. The Labute approximate surface area is 117 Å². The van der Waals surface area contributed by atoms with E-state index in [1.54, 1.807) is 11.1 Å². The van der Waals surface area contributed by atoms with Crippen LogP contribution in [-0.4, -0.2) is 23.5 Å². The van der Waals surface area contributed by atoms with Gasteiger partial charge in [0, 0.05) is 18.6 Å². The van der Waals surface area contributed by atoms with Gasteiger partial charge in [0.1, 0.15) is 0 Å². The molecule has 0 spiro atoms. The van der Waals surface area contributed by atoms with Crippen LogP contribution < -0.4 is 5.73 Å². The third kappa shape index (κ3) is 2.85. The average molecular weight is 258 g/mol. The van der Waals surface area contributed by atoms with Crippen molar-refractivity contribution >= 4 is 0 Å². The Balaban J connectivity index is 1.72. The van der Waals surface area contributed by atoms with Gasteiger partial charge in [-0.25, -0.2) is 0 Å². The fourth-order valence-electron chi connectivity index (χ4n) is 3.77. The van der Waals surface area contributed by atoms with E-state index in [0.717, 1.165) is 6.54 Å². The summed E-state index contributed by atoms with van der Waals surface area (Å²) >= 11 is 0. The number of piperidine rings is 1. The molecule has 104 valence electrons. The molecule has 1 aliphatic carbocycles. The maximum Gasteiger partial charge on any atom is 0.0248 e. The van der Waals surface area contributed by atoms with Crippen LogP contribution in [-0.2, 0) is 19.4 Å². The van der Waals surface area contributed by atoms with Crippen LogP contribution in [0.2, 0.25) is 0 Å². The van der Waals surface area contributed by atoms with E-state index in [2.05, 4.69) is 30.0 Å². The smallest absolute Gasteiger partial charge is 0.0248 e. The van der Waals surface area contributed by atoms with E-state index in [9.17, 15) is 0 Å². The van der Waals surface area contributed by atoms with Gasteiger partial charge in [0.15, 0.2) is 0 Å². The summed E-state index contributed by atoms with van der Waals surface area (Å²) in [5, 5.41) is 0. The van der Waals surface area contributed by atoms with E-state index in [0.29, 0.717) is 6.04 Å². The van der Waals surface area contributed by atoms with Crippen molar-refractivity contribution in [3.8, 4) is 0 Å². The lowest BCUT2D eigenvalue weighted by Gasteiger charge is -2.38. The molecule has 1 aliphatic heterocycles. The molecule has 1 heterocycles. The van der Waals surface area contributed by atoms with Crippen LogP contribution in [0.4, 0.5) is 0 Å². The molecule has 0 radical (unpaired) electrons. The van der Waals surface area contributed by atoms with Crippen LogP contribution in [0.1, 0.15) is 49.3 Å². The first kappa shape index (κ1) is 13.1. The second kappa shape index (κ2) is 5.64. The number of hydrogen-bond donors (Lipinski definition) is 1. The van der Waals surface area contributed by atoms with Crippen molar-refractivity contribution in [3.05, 3.63) is 34.9 Å². The van der Waals surface area contributed by atoms with E-state index in [1.807, 2.05) is 0 Å². The predicted molar refractivity (Wildman–Crippen MR) is 80.2 cm³/mol. The lowest BCUT2D eigenvalue weighted by Crippen LogP contribution is -2.48. The highest BCUT2D eigenvalue weighted by atomic mass is 15.2. The van der Waals surface area contributed by atoms with Crippen LogP contribution in [0.3, 0.4) is 0 Å². The molecule has 19 heavy (non-hydrogen) atoms. The van der Waals surface area contributed by atoms with Crippen molar-refractivity contribution in [2.24, 2.45) is 5.73 Å². The average Bonchev–Trinajstić information content (AvgIpc) is 2.86. The molecule has 1 aromatic rings. The summed E-state index contributed by atoms with van der Waals surface area (Å²) in [5.41, 5.74) is 10.8. The number of nitrogens with zero attached hydrogens (tertiary/aromatic N) is 1. The summed E-state index contributed by atoms with van der Waals surface area (Å²) in [4.78, 5) is 2.60. The first-order valence-electron chi connectivity index (χ1n) is 7.84.